The first-order valence-electron chi connectivity index (χ1n) is 6.84. The van der Waals surface area contributed by atoms with Gasteiger partial charge in [-0.2, -0.15) is 0 Å². The number of aromatic nitrogens is 4. The summed E-state index contributed by atoms with van der Waals surface area (Å²) in [6.07, 6.45) is 4.85. The van der Waals surface area contributed by atoms with E-state index in [1.807, 2.05) is 0 Å². The molecule has 0 saturated heterocycles. The van der Waals surface area contributed by atoms with Crippen LogP contribution < -0.4 is 0 Å². The molecule has 6 heteroatoms. The minimum atomic E-state index is -0.248. The zero-order valence-electron chi connectivity index (χ0n) is 11.7. The number of ether oxygens (including phenoxy) is 1. The van der Waals surface area contributed by atoms with Gasteiger partial charge in [0.25, 0.3) is 0 Å². The quantitative estimate of drug-likeness (QED) is 0.772. The standard InChI is InChI=1S/C13H20N4O2/c1-12(2)9-4-5-13(12,3)10(6-9)19-11(18)7-17-8-14-15-16-17/h8-10H,4-7H2,1-3H3. The fourth-order valence-electron chi connectivity index (χ4n) is 3.89. The zero-order chi connectivity index (χ0) is 13.7. The molecule has 0 aliphatic heterocycles. The van der Waals surface area contributed by atoms with E-state index in [2.05, 4.69) is 36.3 Å². The van der Waals surface area contributed by atoms with Crippen LogP contribution in [0.25, 0.3) is 0 Å². The summed E-state index contributed by atoms with van der Waals surface area (Å²) in [4.78, 5) is 12.0. The van der Waals surface area contributed by atoms with Crippen LogP contribution >= 0.6 is 0 Å². The Labute approximate surface area is 112 Å². The van der Waals surface area contributed by atoms with Crippen LogP contribution in [0.1, 0.15) is 40.0 Å². The van der Waals surface area contributed by atoms with E-state index in [4.69, 9.17) is 4.74 Å². The summed E-state index contributed by atoms with van der Waals surface area (Å²) in [5.41, 5.74) is 0.362. The van der Waals surface area contributed by atoms with Crippen molar-refractivity contribution in [3.05, 3.63) is 6.33 Å². The van der Waals surface area contributed by atoms with E-state index in [-0.39, 0.29) is 29.4 Å². The number of carbonyl (C=O) groups excluding carboxylic acids is 1. The Balaban J connectivity index is 1.67. The number of hydrogen-bond donors (Lipinski definition) is 0. The van der Waals surface area contributed by atoms with Gasteiger partial charge in [0, 0.05) is 5.41 Å². The molecule has 0 amide bonds. The Bertz CT molecular complexity index is 485. The third-order valence-electron chi connectivity index (χ3n) is 5.67. The minimum Gasteiger partial charge on any atom is -0.460 e. The number of nitrogens with zero attached hydrogens (tertiary/aromatic N) is 4. The number of fused-ring (bicyclic) bond motifs is 2. The van der Waals surface area contributed by atoms with Gasteiger partial charge in [0.15, 0.2) is 0 Å². The molecule has 0 radical (unpaired) electrons. The first kappa shape index (κ1) is 12.6. The van der Waals surface area contributed by atoms with Gasteiger partial charge in [0.1, 0.15) is 19.0 Å². The maximum atomic E-state index is 12.0. The highest BCUT2D eigenvalue weighted by Crippen LogP contribution is 2.66. The van der Waals surface area contributed by atoms with Crippen molar-refractivity contribution in [3.63, 3.8) is 0 Å². The second-order valence-corrected chi connectivity index (χ2v) is 6.60. The van der Waals surface area contributed by atoms with E-state index in [9.17, 15) is 4.79 Å². The minimum absolute atomic E-state index is 0.0326. The van der Waals surface area contributed by atoms with Crippen molar-refractivity contribution in [2.24, 2.45) is 16.7 Å². The van der Waals surface area contributed by atoms with E-state index >= 15 is 0 Å². The molecule has 104 valence electrons. The van der Waals surface area contributed by atoms with E-state index < -0.39 is 0 Å². The van der Waals surface area contributed by atoms with Gasteiger partial charge in [-0.15, -0.1) is 5.10 Å². The van der Waals surface area contributed by atoms with Crippen molar-refractivity contribution in [2.45, 2.75) is 52.7 Å². The molecule has 2 fully saturated rings. The predicted octanol–water partition coefficient (Wildman–Crippen LogP) is 1.43. The zero-order valence-corrected chi connectivity index (χ0v) is 11.7. The maximum absolute atomic E-state index is 12.0. The Hall–Kier alpha value is -1.46. The van der Waals surface area contributed by atoms with E-state index in [1.165, 1.54) is 17.4 Å². The van der Waals surface area contributed by atoms with Crippen LogP contribution in [0.4, 0.5) is 0 Å². The van der Waals surface area contributed by atoms with Crippen molar-refractivity contribution in [2.75, 3.05) is 0 Å². The molecule has 1 aromatic rings. The number of esters is 1. The second kappa shape index (κ2) is 4.02. The molecule has 3 rings (SSSR count). The Morgan fingerprint density at radius 3 is 2.79 bits per heavy atom. The summed E-state index contributed by atoms with van der Waals surface area (Å²) < 4.78 is 7.09. The normalized spacial score (nSPS) is 35.5. The number of carbonyl (C=O) groups is 1. The summed E-state index contributed by atoms with van der Waals surface area (Å²) in [7, 11) is 0. The van der Waals surface area contributed by atoms with Crippen LogP contribution in [-0.4, -0.2) is 32.3 Å². The average Bonchev–Trinajstić information content (AvgIpc) is 2.95. The molecular weight excluding hydrogens is 244 g/mol. The van der Waals surface area contributed by atoms with Crippen molar-refractivity contribution in [1.82, 2.24) is 20.2 Å². The fourth-order valence-corrected chi connectivity index (χ4v) is 3.89. The van der Waals surface area contributed by atoms with Gasteiger partial charge in [-0.25, -0.2) is 4.68 Å². The lowest BCUT2D eigenvalue weighted by Crippen LogP contribution is -2.38. The molecule has 1 aromatic heterocycles. The number of tetrazole rings is 1. The number of hydrogen-bond acceptors (Lipinski definition) is 5. The summed E-state index contributed by atoms with van der Waals surface area (Å²) in [5.74, 6) is 0.421. The molecule has 19 heavy (non-hydrogen) atoms. The fraction of sp³-hybridized carbons (Fsp3) is 0.846. The molecule has 2 saturated carbocycles. The SMILES string of the molecule is CC1(C)C2CCC1(C)C(OC(=O)Cn1cnnn1)C2. The molecule has 0 N–H and O–H groups in total. The van der Waals surface area contributed by atoms with E-state index in [0.717, 1.165) is 12.8 Å². The average molecular weight is 264 g/mol. The summed E-state index contributed by atoms with van der Waals surface area (Å²) in [5, 5.41) is 10.7. The van der Waals surface area contributed by atoms with E-state index in [1.54, 1.807) is 0 Å². The molecule has 6 nitrogen and oxygen atoms in total. The van der Waals surface area contributed by atoms with Crippen LogP contribution in [0.3, 0.4) is 0 Å². The molecule has 0 aromatic carbocycles. The van der Waals surface area contributed by atoms with E-state index in [0.29, 0.717) is 5.92 Å². The summed E-state index contributed by atoms with van der Waals surface area (Å²) >= 11 is 0. The van der Waals surface area contributed by atoms with Crippen LogP contribution in [-0.2, 0) is 16.1 Å². The van der Waals surface area contributed by atoms with Gasteiger partial charge < -0.3 is 4.74 Å². The number of rotatable bonds is 3. The molecule has 2 bridgehead atoms. The first-order valence-corrected chi connectivity index (χ1v) is 6.84. The molecule has 2 aliphatic rings. The van der Waals surface area contributed by atoms with Crippen molar-refractivity contribution in [3.8, 4) is 0 Å². The third-order valence-corrected chi connectivity index (χ3v) is 5.67. The van der Waals surface area contributed by atoms with Crippen LogP contribution in [0, 0.1) is 16.7 Å². The van der Waals surface area contributed by atoms with Gasteiger partial charge in [-0.1, -0.05) is 20.8 Å². The maximum Gasteiger partial charge on any atom is 0.328 e. The summed E-state index contributed by atoms with van der Waals surface area (Å²) in [6, 6.07) is 0. The Kier molecular flexibility index (Phi) is 2.66. The summed E-state index contributed by atoms with van der Waals surface area (Å²) in [6.45, 7) is 6.96. The smallest absolute Gasteiger partial charge is 0.328 e. The highest BCUT2D eigenvalue weighted by Gasteiger charge is 2.62. The predicted molar refractivity (Wildman–Crippen MR) is 66.9 cm³/mol. The third kappa shape index (κ3) is 1.76. The van der Waals surface area contributed by atoms with Gasteiger partial charge in [0.2, 0.25) is 0 Å². The molecule has 3 unspecified atom stereocenters. The van der Waals surface area contributed by atoms with Crippen molar-refractivity contribution >= 4 is 5.97 Å². The van der Waals surface area contributed by atoms with Gasteiger partial charge in [-0.3, -0.25) is 4.79 Å². The lowest BCUT2D eigenvalue weighted by Gasteiger charge is -2.38. The Morgan fingerprint density at radius 1 is 1.47 bits per heavy atom. The second-order valence-electron chi connectivity index (χ2n) is 6.60. The molecule has 2 aliphatic carbocycles. The van der Waals surface area contributed by atoms with Crippen LogP contribution in [0.2, 0.25) is 0 Å². The topological polar surface area (TPSA) is 69.9 Å². The van der Waals surface area contributed by atoms with Crippen LogP contribution in [0.5, 0.6) is 0 Å². The highest BCUT2D eigenvalue weighted by atomic mass is 16.5. The largest absolute Gasteiger partial charge is 0.460 e. The molecular formula is C13H20N4O2. The lowest BCUT2D eigenvalue weighted by atomic mass is 9.70. The van der Waals surface area contributed by atoms with Crippen LogP contribution in [0.15, 0.2) is 6.33 Å². The first-order chi connectivity index (χ1) is 8.93. The molecule has 3 atom stereocenters. The van der Waals surface area contributed by atoms with Gasteiger partial charge >= 0.3 is 5.97 Å². The van der Waals surface area contributed by atoms with Gasteiger partial charge in [0.05, 0.1) is 0 Å². The van der Waals surface area contributed by atoms with Crippen molar-refractivity contribution in [1.29, 1.82) is 0 Å². The monoisotopic (exact) mass is 264 g/mol. The van der Waals surface area contributed by atoms with Crippen molar-refractivity contribution < 1.29 is 9.53 Å². The Morgan fingerprint density at radius 2 is 2.26 bits per heavy atom. The molecule has 0 spiro atoms. The van der Waals surface area contributed by atoms with Gasteiger partial charge in [-0.05, 0) is 41.0 Å². The highest BCUT2D eigenvalue weighted by molar-refractivity contribution is 5.69. The molecule has 1 heterocycles. The lowest BCUT2D eigenvalue weighted by molar-refractivity contribution is -0.157.